The Morgan fingerprint density at radius 2 is 2.00 bits per heavy atom. The molecule has 130 valence electrons. The highest BCUT2D eigenvalue weighted by Crippen LogP contribution is 2.28. The van der Waals surface area contributed by atoms with Crippen LogP contribution in [0.3, 0.4) is 0 Å². The quantitative estimate of drug-likeness (QED) is 0.911. The molecule has 4 rings (SSSR count). The lowest BCUT2D eigenvalue weighted by molar-refractivity contribution is -0.131. The Balaban J connectivity index is 1.36. The fraction of sp³-hybridized carbons (Fsp3) is 0.722. The molecule has 2 fully saturated rings. The summed E-state index contributed by atoms with van der Waals surface area (Å²) in [5.41, 5.74) is 2.26. The van der Waals surface area contributed by atoms with Crippen molar-refractivity contribution < 1.29 is 9.53 Å². The number of hydrogen-bond donors (Lipinski definition) is 1. The summed E-state index contributed by atoms with van der Waals surface area (Å²) in [6, 6.07) is 2.14. The number of rotatable bonds is 3. The summed E-state index contributed by atoms with van der Waals surface area (Å²) >= 11 is 0. The van der Waals surface area contributed by atoms with Crippen LogP contribution in [-0.2, 0) is 22.4 Å². The molecule has 1 amide bonds. The van der Waals surface area contributed by atoms with Crippen LogP contribution in [0, 0.1) is 0 Å². The molecule has 2 heterocycles. The fourth-order valence-corrected chi connectivity index (χ4v) is 4.22. The van der Waals surface area contributed by atoms with E-state index < -0.39 is 0 Å². The summed E-state index contributed by atoms with van der Waals surface area (Å²) in [5, 5.41) is 7.74. The number of fused-ring (bicyclic) bond motifs is 1. The first-order valence-electron chi connectivity index (χ1n) is 9.24. The number of ether oxygens (including phenoxy) is 1. The Morgan fingerprint density at radius 3 is 2.75 bits per heavy atom. The molecule has 1 unspecified atom stereocenters. The van der Waals surface area contributed by atoms with Gasteiger partial charge >= 0.3 is 0 Å². The van der Waals surface area contributed by atoms with E-state index in [-0.39, 0.29) is 29.7 Å². The molecule has 0 bridgehead atoms. The van der Waals surface area contributed by atoms with E-state index >= 15 is 0 Å². The number of carbonyl (C=O) groups excluding carboxylic acids is 1. The van der Waals surface area contributed by atoms with Gasteiger partial charge in [0.05, 0.1) is 11.7 Å². The first-order valence-corrected chi connectivity index (χ1v) is 9.24. The molecule has 0 aromatic carbocycles. The molecule has 0 radical (unpaired) electrons. The molecule has 1 N–H and O–H groups in total. The van der Waals surface area contributed by atoms with Gasteiger partial charge in [-0.05, 0) is 63.4 Å². The minimum Gasteiger partial charge on any atom is -0.368 e. The highest BCUT2D eigenvalue weighted by atomic mass is 16.5. The van der Waals surface area contributed by atoms with Crippen molar-refractivity contribution in [1.82, 2.24) is 15.1 Å². The van der Waals surface area contributed by atoms with Gasteiger partial charge in [-0.25, -0.2) is 4.68 Å². The number of amides is 1. The number of aromatic nitrogens is 2. The van der Waals surface area contributed by atoms with Crippen molar-refractivity contribution in [3.05, 3.63) is 27.7 Å². The first kappa shape index (κ1) is 15.8. The summed E-state index contributed by atoms with van der Waals surface area (Å²) in [5.74, 6) is 0.0313. The van der Waals surface area contributed by atoms with E-state index in [1.807, 2.05) is 0 Å². The zero-order valence-corrected chi connectivity index (χ0v) is 14.0. The molecule has 24 heavy (non-hydrogen) atoms. The molecule has 6 nitrogen and oxygen atoms in total. The lowest BCUT2D eigenvalue weighted by atomic mass is 9.91. The van der Waals surface area contributed by atoms with E-state index in [1.54, 1.807) is 10.7 Å². The second-order valence-corrected chi connectivity index (χ2v) is 7.27. The second kappa shape index (κ2) is 6.67. The first-order chi connectivity index (χ1) is 11.7. The van der Waals surface area contributed by atoms with Gasteiger partial charge in [-0.1, -0.05) is 0 Å². The molecule has 2 aliphatic carbocycles. The van der Waals surface area contributed by atoms with Crippen molar-refractivity contribution in [3.63, 3.8) is 0 Å². The number of nitrogens with one attached hydrogen (secondary N) is 1. The maximum atomic E-state index is 12.3. The van der Waals surface area contributed by atoms with E-state index in [0.29, 0.717) is 6.61 Å². The third-order valence-electron chi connectivity index (χ3n) is 5.59. The van der Waals surface area contributed by atoms with Gasteiger partial charge in [-0.15, -0.1) is 0 Å². The van der Waals surface area contributed by atoms with Crippen LogP contribution in [-0.4, -0.2) is 34.4 Å². The summed E-state index contributed by atoms with van der Waals surface area (Å²) in [6.07, 6.45) is 8.19. The Hall–Kier alpha value is -1.69. The number of hydrogen-bond acceptors (Lipinski definition) is 4. The molecule has 1 saturated heterocycles. The van der Waals surface area contributed by atoms with E-state index in [0.717, 1.165) is 69.0 Å². The van der Waals surface area contributed by atoms with E-state index in [1.165, 1.54) is 0 Å². The topological polar surface area (TPSA) is 73.2 Å². The van der Waals surface area contributed by atoms with Crippen LogP contribution >= 0.6 is 0 Å². The van der Waals surface area contributed by atoms with E-state index in [4.69, 9.17) is 4.74 Å². The van der Waals surface area contributed by atoms with Gasteiger partial charge in [0.1, 0.15) is 6.10 Å². The molecule has 1 aromatic heterocycles. The van der Waals surface area contributed by atoms with Gasteiger partial charge in [0.2, 0.25) is 5.91 Å². The van der Waals surface area contributed by atoms with Gasteiger partial charge in [-0.2, -0.15) is 5.10 Å². The van der Waals surface area contributed by atoms with Crippen LogP contribution in [0.25, 0.3) is 0 Å². The number of nitrogens with zero attached hydrogens (tertiary/aromatic N) is 2. The van der Waals surface area contributed by atoms with Crippen molar-refractivity contribution in [3.8, 4) is 0 Å². The number of carbonyl (C=O) groups is 1. The van der Waals surface area contributed by atoms with Gasteiger partial charge < -0.3 is 10.1 Å². The molecule has 3 aliphatic rings. The highest BCUT2D eigenvalue weighted by Gasteiger charge is 2.29. The van der Waals surface area contributed by atoms with Crippen LogP contribution in [0.4, 0.5) is 0 Å². The molecule has 1 saturated carbocycles. The van der Waals surface area contributed by atoms with Crippen molar-refractivity contribution in [2.75, 3.05) is 6.61 Å². The van der Waals surface area contributed by atoms with Crippen molar-refractivity contribution in [2.45, 2.75) is 76.0 Å². The lowest BCUT2D eigenvalue weighted by Crippen LogP contribution is -2.43. The summed E-state index contributed by atoms with van der Waals surface area (Å²) in [6.45, 7) is 0.692. The van der Waals surface area contributed by atoms with Gasteiger partial charge in [0.25, 0.3) is 5.56 Å². The summed E-state index contributed by atoms with van der Waals surface area (Å²) < 4.78 is 7.13. The van der Waals surface area contributed by atoms with Crippen molar-refractivity contribution in [2.24, 2.45) is 0 Å². The predicted molar refractivity (Wildman–Crippen MR) is 88.9 cm³/mol. The Bertz CT molecular complexity index is 671. The zero-order chi connectivity index (χ0) is 16.5. The van der Waals surface area contributed by atoms with Crippen LogP contribution in [0.1, 0.15) is 62.2 Å². The van der Waals surface area contributed by atoms with E-state index in [2.05, 4.69) is 10.4 Å². The third-order valence-corrected chi connectivity index (χ3v) is 5.59. The van der Waals surface area contributed by atoms with Gasteiger partial charge in [0.15, 0.2) is 0 Å². The largest absolute Gasteiger partial charge is 0.368 e. The van der Waals surface area contributed by atoms with Crippen LogP contribution in [0.15, 0.2) is 10.9 Å². The monoisotopic (exact) mass is 331 g/mol. The SMILES string of the molecule is O=C(NC1CCC(n2nc3c(cc2=O)CCC3)CC1)C1CCCO1. The van der Waals surface area contributed by atoms with Crippen LogP contribution < -0.4 is 10.9 Å². The van der Waals surface area contributed by atoms with Gasteiger partial charge in [-0.3, -0.25) is 9.59 Å². The van der Waals surface area contributed by atoms with Crippen molar-refractivity contribution >= 4 is 5.91 Å². The Morgan fingerprint density at radius 1 is 1.17 bits per heavy atom. The van der Waals surface area contributed by atoms with Gasteiger partial charge in [0, 0.05) is 18.7 Å². The standard InChI is InChI=1S/C18H25N3O3/c22-17-11-12-3-1-4-15(12)20-21(17)14-8-6-13(7-9-14)19-18(23)16-5-2-10-24-16/h11,13-14,16H,1-10H2,(H,19,23). The minimum atomic E-state index is -0.260. The number of aryl methyl sites for hydroxylation is 2. The lowest BCUT2D eigenvalue weighted by Gasteiger charge is -2.30. The third kappa shape index (κ3) is 3.11. The van der Waals surface area contributed by atoms with Crippen molar-refractivity contribution in [1.29, 1.82) is 0 Å². The molecule has 6 heteroatoms. The average Bonchev–Trinajstić information content (AvgIpc) is 3.26. The molecule has 1 aromatic rings. The van der Waals surface area contributed by atoms with Crippen LogP contribution in [0.5, 0.6) is 0 Å². The van der Waals surface area contributed by atoms with E-state index in [9.17, 15) is 9.59 Å². The predicted octanol–water partition coefficient (Wildman–Crippen LogP) is 1.51. The minimum absolute atomic E-state index is 0.0301. The zero-order valence-electron chi connectivity index (χ0n) is 14.0. The highest BCUT2D eigenvalue weighted by molar-refractivity contribution is 5.81. The molecule has 0 spiro atoms. The maximum absolute atomic E-state index is 12.3. The molecular formula is C18H25N3O3. The Labute approximate surface area is 141 Å². The fourth-order valence-electron chi connectivity index (χ4n) is 4.22. The molecule has 1 aliphatic heterocycles. The summed E-state index contributed by atoms with van der Waals surface area (Å²) in [7, 11) is 0. The average molecular weight is 331 g/mol. The normalized spacial score (nSPS) is 29.4. The molecular weight excluding hydrogens is 306 g/mol. The second-order valence-electron chi connectivity index (χ2n) is 7.27. The maximum Gasteiger partial charge on any atom is 0.267 e. The Kier molecular flexibility index (Phi) is 4.39. The smallest absolute Gasteiger partial charge is 0.267 e. The summed E-state index contributed by atoms with van der Waals surface area (Å²) in [4.78, 5) is 24.5. The molecule has 1 atom stereocenters. The van der Waals surface area contributed by atoms with Crippen LogP contribution in [0.2, 0.25) is 0 Å².